The first kappa shape index (κ1) is 19.5. The first-order valence-corrected chi connectivity index (χ1v) is 11.0. The predicted molar refractivity (Wildman–Crippen MR) is 133 cm³/mol. The third kappa shape index (κ3) is 3.40. The molecule has 158 valence electrons. The van der Waals surface area contributed by atoms with Gasteiger partial charge in [0.1, 0.15) is 0 Å². The molecule has 0 saturated heterocycles. The smallest absolute Gasteiger partial charge is 0.196 e. The summed E-state index contributed by atoms with van der Waals surface area (Å²) in [6.45, 7) is 0. The van der Waals surface area contributed by atoms with Crippen molar-refractivity contribution < 1.29 is 9.80 Å². The van der Waals surface area contributed by atoms with Crippen LogP contribution in [0.5, 0.6) is 11.5 Å². The molecule has 0 bridgehead atoms. The van der Waals surface area contributed by atoms with Crippen molar-refractivity contribution in [1.82, 2.24) is 0 Å². The van der Waals surface area contributed by atoms with Crippen molar-refractivity contribution in [3.05, 3.63) is 127 Å². The molecule has 5 aromatic rings. The van der Waals surface area contributed by atoms with Crippen LogP contribution in [0.15, 0.2) is 121 Å². The second-order valence-corrected chi connectivity index (χ2v) is 8.11. The van der Waals surface area contributed by atoms with Crippen LogP contribution in [0.1, 0.15) is 0 Å². The summed E-state index contributed by atoms with van der Waals surface area (Å²) in [5.41, 5.74) is 7.10. The van der Waals surface area contributed by atoms with E-state index in [2.05, 4.69) is 30.3 Å². The second kappa shape index (κ2) is 8.06. The minimum absolute atomic E-state index is 0.0148. The van der Waals surface area contributed by atoms with Gasteiger partial charge in [-0.05, 0) is 28.3 Å². The van der Waals surface area contributed by atoms with Gasteiger partial charge in [0.15, 0.2) is 22.9 Å². The van der Waals surface area contributed by atoms with Gasteiger partial charge in [-0.1, -0.05) is 103 Å². The molecule has 1 atom stereocenters. The molecule has 0 amide bonds. The number of hydrogen-bond donors (Lipinski definition) is 1. The molecule has 0 saturated carbocycles. The summed E-state index contributed by atoms with van der Waals surface area (Å²) in [5, 5.41) is 13.8. The van der Waals surface area contributed by atoms with Gasteiger partial charge >= 0.3 is 0 Å². The Hall–Kier alpha value is -4.18. The Morgan fingerprint density at radius 2 is 1.00 bits per heavy atom. The number of para-hydroxylation sites is 1. The molecule has 0 aliphatic carbocycles. The third-order valence-electron chi connectivity index (χ3n) is 6.07. The normalized spacial score (nSPS) is 14.2. The van der Waals surface area contributed by atoms with Gasteiger partial charge in [-0.25, -0.2) is 0 Å². The van der Waals surface area contributed by atoms with Crippen LogP contribution in [0.2, 0.25) is 0 Å². The zero-order valence-corrected chi connectivity index (χ0v) is 17.9. The Bertz CT molecular complexity index is 1430. The lowest BCUT2D eigenvalue weighted by Crippen LogP contribution is -2.97. The van der Waals surface area contributed by atoms with Gasteiger partial charge in [-0.2, -0.15) is 0 Å². The van der Waals surface area contributed by atoms with Crippen LogP contribution in [0.3, 0.4) is 0 Å². The molecule has 0 fully saturated rings. The predicted octanol–water partition coefficient (Wildman–Crippen LogP) is 7.14. The van der Waals surface area contributed by atoms with Gasteiger partial charge in [0.25, 0.3) is 0 Å². The van der Waals surface area contributed by atoms with Crippen LogP contribution in [0, 0.1) is 5.21 Å². The van der Waals surface area contributed by atoms with E-state index >= 15 is 0 Å². The van der Waals surface area contributed by atoms with E-state index in [1.807, 2.05) is 91.0 Å². The quantitative estimate of drug-likeness (QED) is 0.311. The van der Waals surface area contributed by atoms with Crippen molar-refractivity contribution in [2.24, 2.45) is 0 Å². The van der Waals surface area contributed by atoms with Crippen molar-refractivity contribution in [2.75, 3.05) is 0 Å². The zero-order valence-electron chi connectivity index (χ0n) is 17.9. The summed E-state index contributed by atoms with van der Waals surface area (Å²) in [7, 11) is 0. The molecule has 1 aliphatic heterocycles. The number of nitrogens with one attached hydrogen (secondary N) is 1. The van der Waals surface area contributed by atoms with Crippen molar-refractivity contribution in [2.45, 2.75) is 0 Å². The number of fused-ring (bicyclic) bond motifs is 2. The van der Waals surface area contributed by atoms with E-state index in [0.717, 1.165) is 33.4 Å². The van der Waals surface area contributed by atoms with E-state index in [1.54, 1.807) is 0 Å². The molecule has 0 spiro atoms. The maximum absolute atomic E-state index is 13.8. The molecule has 5 aromatic carbocycles. The fraction of sp³-hybridized carbons (Fsp3) is 0. The number of ether oxygens (including phenoxy) is 1. The summed E-state index contributed by atoms with van der Waals surface area (Å²) in [4.78, 5) is 0. The maximum atomic E-state index is 13.8. The van der Waals surface area contributed by atoms with E-state index < -0.39 is 0 Å². The van der Waals surface area contributed by atoms with E-state index in [4.69, 9.17) is 4.74 Å². The topological polar surface area (TPSA) is 36.7 Å². The highest BCUT2D eigenvalue weighted by Crippen LogP contribution is 2.48. The summed E-state index contributed by atoms with van der Waals surface area (Å²) in [6.07, 6.45) is 0. The van der Waals surface area contributed by atoms with Crippen LogP contribution in [0.25, 0.3) is 33.4 Å². The van der Waals surface area contributed by atoms with Gasteiger partial charge in [0.05, 0.1) is 0 Å². The summed E-state index contributed by atoms with van der Waals surface area (Å²) >= 11 is 0. The Morgan fingerprint density at radius 3 is 1.64 bits per heavy atom. The monoisotopic (exact) mass is 427 g/mol. The Balaban J connectivity index is 1.59. The molecular formula is C30H21NO2. The van der Waals surface area contributed by atoms with Crippen molar-refractivity contribution in [3.8, 4) is 44.9 Å². The van der Waals surface area contributed by atoms with E-state index in [0.29, 0.717) is 22.9 Å². The molecule has 1 unspecified atom stereocenters. The minimum Gasteiger partial charge on any atom is -0.623 e. The molecule has 3 nitrogen and oxygen atoms in total. The molecule has 0 aromatic heterocycles. The van der Waals surface area contributed by atoms with Gasteiger partial charge in [-0.15, -0.1) is 0 Å². The highest BCUT2D eigenvalue weighted by atomic mass is 16.5. The van der Waals surface area contributed by atoms with Crippen molar-refractivity contribution in [1.29, 1.82) is 0 Å². The molecule has 3 heteroatoms. The summed E-state index contributed by atoms with van der Waals surface area (Å²) in [5.74, 6) is 1.23. The third-order valence-corrected chi connectivity index (χ3v) is 6.07. The van der Waals surface area contributed by atoms with E-state index in [1.165, 1.54) is 0 Å². The molecule has 6 rings (SSSR count). The number of hydrogen-bond acceptors (Lipinski definition) is 2. The average Bonchev–Trinajstić information content (AvgIpc) is 2.90. The first-order chi connectivity index (χ1) is 16.3. The van der Waals surface area contributed by atoms with Gasteiger partial charge in [-0.3, -0.25) is 0 Å². The lowest BCUT2D eigenvalue weighted by Gasteiger charge is -2.32. The Labute approximate surface area is 192 Å². The second-order valence-electron chi connectivity index (χ2n) is 8.11. The summed E-state index contributed by atoms with van der Waals surface area (Å²) < 4.78 is 6.59. The van der Waals surface area contributed by atoms with Gasteiger partial charge in [0.2, 0.25) is 0 Å². The lowest BCUT2D eigenvalue weighted by molar-refractivity contribution is -0.700. The molecular weight excluding hydrogens is 406 g/mol. The van der Waals surface area contributed by atoms with Crippen LogP contribution in [-0.2, 0) is 0 Å². The van der Waals surface area contributed by atoms with Crippen LogP contribution >= 0.6 is 0 Å². The highest BCUT2D eigenvalue weighted by Gasteiger charge is 2.31. The zero-order chi connectivity index (χ0) is 22.2. The molecule has 33 heavy (non-hydrogen) atoms. The first-order valence-electron chi connectivity index (χ1n) is 11.0. The average molecular weight is 428 g/mol. The molecule has 1 N–H and O–H groups in total. The minimum atomic E-state index is -0.0148. The molecule has 1 aliphatic rings. The SMILES string of the molecule is [O-][NH+]1c2cccc(-c3ccccc3)c2Oc2c(-c3ccccc3)cc(-c3ccccc3)cc21. The Kier molecular flexibility index (Phi) is 4.76. The number of rotatable bonds is 3. The van der Waals surface area contributed by atoms with Gasteiger partial charge in [0, 0.05) is 23.3 Å². The van der Waals surface area contributed by atoms with Crippen LogP contribution < -0.4 is 9.80 Å². The van der Waals surface area contributed by atoms with Gasteiger partial charge < -0.3 is 15.0 Å². The van der Waals surface area contributed by atoms with Crippen molar-refractivity contribution >= 4 is 11.4 Å². The maximum Gasteiger partial charge on any atom is 0.196 e. The fourth-order valence-electron chi connectivity index (χ4n) is 4.45. The van der Waals surface area contributed by atoms with E-state index in [9.17, 15) is 5.21 Å². The number of benzene rings is 5. The molecule has 1 heterocycles. The fourth-order valence-corrected chi connectivity index (χ4v) is 4.45. The van der Waals surface area contributed by atoms with E-state index in [-0.39, 0.29) is 5.06 Å². The lowest BCUT2D eigenvalue weighted by atomic mass is 9.95. The largest absolute Gasteiger partial charge is 0.623 e. The standard InChI is InChI=1S/C30H21NO2/c32-31-27-18-10-17-25(22-13-6-2-7-14-22)29(27)33-30-26(23-15-8-3-9-16-23)19-24(20-28(30)31)21-11-4-1-5-12-21/h1-20,31H. The van der Waals surface area contributed by atoms with Crippen LogP contribution in [-0.4, -0.2) is 0 Å². The van der Waals surface area contributed by atoms with Crippen molar-refractivity contribution in [3.63, 3.8) is 0 Å². The molecule has 0 radical (unpaired) electrons. The van der Waals surface area contributed by atoms with Crippen LogP contribution in [0.4, 0.5) is 11.4 Å². The Morgan fingerprint density at radius 1 is 0.455 bits per heavy atom. The summed E-state index contributed by atoms with van der Waals surface area (Å²) in [6, 6.07) is 40.2. The highest BCUT2D eigenvalue weighted by molar-refractivity contribution is 5.86. The number of quaternary nitrogens is 1.